The van der Waals surface area contributed by atoms with Crippen molar-refractivity contribution in [2.24, 2.45) is 5.92 Å². The van der Waals surface area contributed by atoms with Crippen LogP contribution < -0.4 is 0 Å². The number of nitrogens with zero attached hydrogens (tertiary/aromatic N) is 1. The topological polar surface area (TPSA) is 23.5 Å². The van der Waals surface area contributed by atoms with Gasteiger partial charge in [-0.1, -0.05) is 30.3 Å². The Bertz CT molecular complexity index is 310. The van der Waals surface area contributed by atoms with Gasteiger partial charge >= 0.3 is 0 Å². The first-order valence-electron chi connectivity index (χ1n) is 6.75. The molecule has 1 unspecified atom stereocenters. The number of piperidine rings is 1. The van der Waals surface area contributed by atoms with Gasteiger partial charge in [-0.05, 0) is 43.7 Å². The van der Waals surface area contributed by atoms with Crippen molar-refractivity contribution in [1.82, 2.24) is 4.90 Å². The van der Waals surface area contributed by atoms with Gasteiger partial charge in [0, 0.05) is 19.7 Å². The molecule has 1 aliphatic rings. The summed E-state index contributed by atoms with van der Waals surface area (Å²) in [5, 5.41) is 8.99. The number of hydrogen-bond acceptors (Lipinski definition) is 2. The Kier molecular flexibility index (Phi) is 5.02. The molecule has 17 heavy (non-hydrogen) atoms. The Morgan fingerprint density at radius 1 is 1.24 bits per heavy atom. The van der Waals surface area contributed by atoms with Crippen molar-refractivity contribution < 1.29 is 5.11 Å². The molecule has 1 heterocycles. The van der Waals surface area contributed by atoms with Crippen LogP contribution in [0.3, 0.4) is 0 Å². The molecule has 94 valence electrons. The maximum absolute atomic E-state index is 8.99. The summed E-state index contributed by atoms with van der Waals surface area (Å²) < 4.78 is 0. The lowest BCUT2D eigenvalue weighted by Gasteiger charge is -2.32. The van der Waals surface area contributed by atoms with E-state index in [9.17, 15) is 0 Å². The zero-order chi connectivity index (χ0) is 11.9. The summed E-state index contributed by atoms with van der Waals surface area (Å²) >= 11 is 0. The number of likely N-dealkylation sites (tertiary alicyclic amines) is 1. The summed E-state index contributed by atoms with van der Waals surface area (Å²) in [6.07, 6.45) is 4.70. The molecule has 2 nitrogen and oxygen atoms in total. The summed E-state index contributed by atoms with van der Waals surface area (Å²) in [5.41, 5.74) is 1.43. The Morgan fingerprint density at radius 3 is 2.82 bits per heavy atom. The van der Waals surface area contributed by atoms with Crippen molar-refractivity contribution in [2.75, 3.05) is 26.2 Å². The molecule has 0 amide bonds. The van der Waals surface area contributed by atoms with Crippen molar-refractivity contribution in [3.63, 3.8) is 0 Å². The predicted molar refractivity (Wildman–Crippen MR) is 71.0 cm³/mol. The SMILES string of the molecule is OCCC1CCCN(CCc2ccccc2)C1. The summed E-state index contributed by atoms with van der Waals surface area (Å²) in [6.45, 7) is 3.91. The third-order valence-corrected chi connectivity index (χ3v) is 3.70. The van der Waals surface area contributed by atoms with Crippen molar-refractivity contribution in [2.45, 2.75) is 25.7 Å². The van der Waals surface area contributed by atoms with Gasteiger partial charge in [-0.2, -0.15) is 0 Å². The van der Waals surface area contributed by atoms with Crippen LogP contribution in [0.25, 0.3) is 0 Å². The average Bonchev–Trinajstić information content (AvgIpc) is 2.39. The standard InChI is InChI=1S/C15H23NO/c17-12-9-15-7-4-10-16(13-15)11-8-14-5-2-1-3-6-14/h1-3,5-6,15,17H,4,7-13H2. The molecule has 1 aliphatic heterocycles. The third kappa shape index (κ3) is 4.14. The number of aliphatic hydroxyl groups is 1. The van der Waals surface area contributed by atoms with Crippen LogP contribution in [0.2, 0.25) is 0 Å². The van der Waals surface area contributed by atoms with Gasteiger partial charge in [-0.15, -0.1) is 0 Å². The Balaban J connectivity index is 1.75. The van der Waals surface area contributed by atoms with Gasteiger partial charge in [-0.3, -0.25) is 0 Å². The van der Waals surface area contributed by atoms with E-state index in [2.05, 4.69) is 35.2 Å². The fraction of sp³-hybridized carbons (Fsp3) is 0.600. The molecule has 2 rings (SSSR count). The fourth-order valence-corrected chi connectivity index (χ4v) is 2.70. The van der Waals surface area contributed by atoms with Gasteiger partial charge in [0.15, 0.2) is 0 Å². The predicted octanol–water partition coefficient (Wildman–Crippen LogP) is 2.32. The fourth-order valence-electron chi connectivity index (χ4n) is 2.70. The average molecular weight is 233 g/mol. The van der Waals surface area contributed by atoms with Crippen molar-refractivity contribution in [3.05, 3.63) is 35.9 Å². The van der Waals surface area contributed by atoms with Crippen LogP contribution in [-0.4, -0.2) is 36.2 Å². The van der Waals surface area contributed by atoms with Crippen molar-refractivity contribution >= 4 is 0 Å². The molecule has 0 bridgehead atoms. The van der Waals surface area contributed by atoms with Gasteiger partial charge in [-0.25, -0.2) is 0 Å². The molecular formula is C15H23NO. The lowest BCUT2D eigenvalue weighted by molar-refractivity contribution is 0.149. The van der Waals surface area contributed by atoms with Crippen molar-refractivity contribution in [3.8, 4) is 0 Å². The normalized spacial score (nSPS) is 21.6. The number of benzene rings is 1. The van der Waals surface area contributed by atoms with E-state index in [1.807, 2.05) is 0 Å². The smallest absolute Gasteiger partial charge is 0.0434 e. The zero-order valence-corrected chi connectivity index (χ0v) is 10.5. The maximum Gasteiger partial charge on any atom is 0.0434 e. The summed E-state index contributed by atoms with van der Waals surface area (Å²) in [4.78, 5) is 2.55. The van der Waals surface area contributed by atoms with E-state index < -0.39 is 0 Å². The first-order valence-corrected chi connectivity index (χ1v) is 6.75. The maximum atomic E-state index is 8.99. The molecule has 1 aromatic carbocycles. The molecule has 0 aromatic heterocycles. The van der Waals surface area contributed by atoms with Crippen LogP contribution >= 0.6 is 0 Å². The summed E-state index contributed by atoms with van der Waals surface area (Å²) in [7, 11) is 0. The van der Waals surface area contributed by atoms with Crippen LogP contribution in [0.1, 0.15) is 24.8 Å². The quantitative estimate of drug-likeness (QED) is 0.843. The number of hydrogen-bond donors (Lipinski definition) is 1. The summed E-state index contributed by atoms with van der Waals surface area (Å²) in [6, 6.07) is 10.7. The lowest BCUT2D eigenvalue weighted by atomic mass is 9.95. The van der Waals surface area contributed by atoms with Gasteiger partial charge < -0.3 is 10.0 Å². The first-order chi connectivity index (χ1) is 8.38. The highest BCUT2D eigenvalue weighted by molar-refractivity contribution is 5.14. The third-order valence-electron chi connectivity index (χ3n) is 3.70. The van der Waals surface area contributed by atoms with E-state index >= 15 is 0 Å². The zero-order valence-electron chi connectivity index (χ0n) is 10.5. The molecule has 0 aliphatic carbocycles. The minimum Gasteiger partial charge on any atom is -0.396 e. The lowest BCUT2D eigenvalue weighted by Crippen LogP contribution is -2.37. The molecule has 0 radical (unpaired) electrons. The minimum atomic E-state index is 0.344. The Labute approximate surface area is 104 Å². The van der Waals surface area contributed by atoms with E-state index in [0.717, 1.165) is 19.4 Å². The van der Waals surface area contributed by atoms with E-state index in [1.165, 1.54) is 31.5 Å². The first kappa shape index (κ1) is 12.6. The molecule has 1 aromatic rings. The molecule has 1 saturated heterocycles. The van der Waals surface area contributed by atoms with Gasteiger partial charge in [0.2, 0.25) is 0 Å². The summed E-state index contributed by atoms with van der Waals surface area (Å²) in [5.74, 6) is 0.713. The molecule has 2 heteroatoms. The van der Waals surface area contributed by atoms with Gasteiger partial charge in [0.1, 0.15) is 0 Å². The van der Waals surface area contributed by atoms with Crippen LogP contribution in [-0.2, 0) is 6.42 Å². The number of aliphatic hydroxyl groups excluding tert-OH is 1. The van der Waals surface area contributed by atoms with Crippen LogP contribution in [0, 0.1) is 5.92 Å². The molecule has 0 saturated carbocycles. The van der Waals surface area contributed by atoms with Crippen molar-refractivity contribution in [1.29, 1.82) is 0 Å². The minimum absolute atomic E-state index is 0.344. The largest absolute Gasteiger partial charge is 0.396 e. The highest BCUT2D eigenvalue weighted by atomic mass is 16.3. The van der Waals surface area contributed by atoms with E-state index in [-0.39, 0.29) is 0 Å². The second-order valence-corrected chi connectivity index (χ2v) is 5.06. The van der Waals surface area contributed by atoms with E-state index in [0.29, 0.717) is 12.5 Å². The second kappa shape index (κ2) is 6.77. The Morgan fingerprint density at radius 2 is 2.06 bits per heavy atom. The van der Waals surface area contributed by atoms with Gasteiger partial charge in [0.05, 0.1) is 0 Å². The van der Waals surface area contributed by atoms with E-state index in [4.69, 9.17) is 5.11 Å². The molecule has 0 spiro atoms. The Hall–Kier alpha value is -0.860. The van der Waals surface area contributed by atoms with E-state index in [1.54, 1.807) is 0 Å². The highest BCUT2D eigenvalue weighted by Crippen LogP contribution is 2.19. The van der Waals surface area contributed by atoms with Gasteiger partial charge in [0.25, 0.3) is 0 Å². The highest BCUT2D eigenvalue weighted by Gasteiger charge is 2.18. The molecule has 1 fully saturated rings. The monoisotopic (exact) mass is 233 g/mol. The van der Waals surface area contributed by atoms with Crippen LogP contribution in [0.5, 0.6) is 0 Å². The van der Waals surface area contributed by atoms with Crippen LogP contribution in [0.15, 0.2) is 30.3 Å². The second-order valence-electron chi connectivity index (χ2n) is 5.06. The molecule has 1 N–H and O–H groups in total. The number of rotatable bonds is 5. The molecule has 1 atom stereocenters. The van der Waals surface area contributed by atoms with Crippen LogP contribution in [0.4, 0.5) is 0 Å². The molecular weight excluding hydrogens is 210 g/mol.